The largest absolute Gasteiger partial charge is 0.346 e. The zero-order valence-electron chi connectivity index (χ0n) is 14.3. The minimum Gasteiger partial charge on any atom is -0.346 e. The van der Waals surface area contributed by atoms with Crippen LogP contribution in [0.2, 0.25) is 0 Å². The van der Waals surface area contributed by atoms with Gasteiger partial charge in [0.2, 0.25) is 11.8 Å². The SMILES string of the molecule is CC(C)[C@H](N)C(=O)NCC(=O)Nc1nc2c(s1)CCCCCC2.Cl. The van der Waals surface area contributed by atoms with E-state index in [0.717, 1.165) is 25.0 Å². The van der Waals surface area contributed by atoms with E-state index in [9.17, 15) is 9.59 Å². The molecule has 0 saturated heterocycles. The van der Waals surface area contributed by atoms with Crippen molar-refractivity contribution in [1.82, 2.24) is 10.3 Å². The first kappa shape index (κ1) is 20.9. The van der Waals surface area contributed by atoms with E-state index in [1.165, 1.54) is 24.1 Å². The van der Waals surface area contributed by atoms with Crippen molar-refractivity contribution < 1.29 is 9.59 Å². The molecule has 1 atom stereocenters. The summed E-state index contributed by atoms with van der Waals surface area (Å²) in [6, 6.07) is -0.595. The second-order valence-electron chi connectivity index (χ2n) is 6.34. The third-order valence-corrected chi connectivity index (χ3v) is 5.11. The average molecular weight is 375 g/mol. The molecule has 0 bridgehead atoms. The summed E-state index contributed by atoms with van der Waals surface area (Å²) >= 11 is 1.55. The van der Waals surface area contributed by atoms with E-state index in [4.69, 9.17) is 5.73 Å². The summed E-state index contributed by atoms with van der Waals surface area (Å²) in [5.74, 6) is -0.533. The van der Waals surface area contributed by atoms with Crippen LogP contribution in [0.15, 0.2) is 0 Å². The van der Waals surface area contributed by atoms with Gasteiger partial charge in [0.25, 0.3) is 0 Å². The normalized spacial score (nSPS) is 15.5. The van der Waals surface area contributed by atoms with Crippen LogP contribution in [0.1, 0.15) is 50.1 Å². The molecule has 0 saturated carbocycles. The summed E-state index contributed by atoms with van der Waals surface area (Å²) in [5.41, 5.74) is 6.86. The number of thiazole rings is 1. The number of aromatic nitrogens is 1. The predicted molar refractivity (Wildman–Crippen MR) is 99.7 cm³/mol. The third-order valence-electron chi connectivity index (χ3n) is 4.04. The van der Waals surface area contributed by atoms with Gasteiger partial charge in [0, 0.05) is 4.88 Å². The maximum Gasteiger partial charge on any atom is 0.245 e. The Kier molecular flexibility index (Phi) is 8.66. The van der Waals surface area contributed by atoms with Crippen molar-refractivity contribution in [1.29, 1.82) is 0 Å². The minimum absolute atomic E-state index is 0. The van der Waals surface area contributed by atoms with Crippen LogP contribution in [0.5, 0.6) is 0 Å². The van der Waals surface area contributed by atoms with Crippen molar-refractivity contribution in [2.75, 3.05) is 11.9 Å². The van der Waals surface area contributed by atoms with Gasteiger partial charge in [0.1, 0.15) is 0 Å². The summed E-state index contributed by atoms with van der Waals surface area (Å²) in [6.07, 6.45) is 6.89. The molecule has 0 aliphatic heterocycles. The topological polar surface area (TPSA) is 97.1 Å². The number of nitrogens with zero attached hydrogens (tertiary/aromatic N) is 1. The number of hydrogen-bond acceptors (Lipinski definition) is 5. The Morgan fingerprint density at radius 1 is 1.21 bits per heavy atom. The van der Waals surface area contributed by atoms with Crippen LogP contribution in [-0.2, 0) is 22.4 Å². The van der Waals surface area contributed by atoms with Crippen LogP contribution >= 0.6 is 23.7 Å². The molecule has 2 amide bonds. The molecule has 4 N–H and O–H groups in total. The number of hydrogen-bond donors (Lipinski definition) is 3. The van der Waals surface area contributed by atoms with Gasteiger partial charge in [-0.3, -0.25) is 9.59 Å². The second kappa shape index (κ2) is 9.96. The first-order chi connectivity index (χ1) is 11.0. The van der Waals surface area contributed by atoms with Crippen molar-refractivity contribution in [3.8, 4) is 0 Å². The maximum absolute atomic E-state index is 12.0. The standard InChI is InChI=1S/C16H26N4O2S.ClH/c1-10(2)14(17)15(22)18-9-13(21)20-16-19-11-7-5-3-4-6-8-12(11)23-16;/h10,14H,3-9,17H2,1-2H3,(H,18,22)(H,19,20,21);1H/t14-;/m0./s1. The number of anilines is 1. The predicted octanol–water partition coefficient (Wildman–Crippen LogP) is 2.26. The lowest BCUT2D eigenvalue weighted by atomic mass is 10.0. The van der Waals surface area contributed by atoms with Crippen molar-refractivity contribution in [3.63, 3.8) is 0 Å². The first-order valence-electron chi connectivity index (χ1n) is 8.29. The monoisotopic (exact) mass is 374 g/mol. The van der Waals surface area contributed by atoms with E-state index >= 15 is 0 Å². The van der Waals surface area contributed by atoms with E-state index in [-0.39, 0.29) is 36.7 Å². The molecular weight excluding hydrogens is 348 g/mol. The molecule has 0 unspecified atom stereocenters. The first-order valence-corrected chi connectivity index (χ1v) is 9.10. The molecular formula is C16H27ClN4O2S. The zero-order chi connectivity index (χ0) is 16.8. The van der Waals surface area contributed by atoms with Crippen molar-refractivity contribution in [2.45, 2.75) is 58.4 Å². The number of aryl methyl sites for hydroxylation is 2. The fourth-order valence-electron chi connectivity index (χ4n) is 2.51. The highest BCUT2D eigenvalue weighted by Gasteiger charge is 2.18. The number of rotatable bonds is 5. The molecule has 0 fully saturated rings. The van der Waals surface area contributed by atoms with Gasteiger partial charge in [0.05, 0.1) is 18.3 Å². The van der Waals surface area contributed by atoms with Gasteiger partial charge in [-0.1, -0.05) is 26.7 Å². The Morgan fingerprint density at radius 3 is 2.54 bits per heavy atom. The Morgan fingerprint density at radius 2 is 1.88 bits per heavy atom. The molecule has 136 valence electrons. The van der Waals surface area contributed by atoms with Crippen molar-refractivity contribution in [3.05, 3.63) is 10.6 Å². The van der Waals surface area contributed by atoms with Gasteiger partial charge >= 0.3 is 0 Å². The van der Waals surface area contributed by atoms with E-state index in [0.29, 0.717) is 5.13 Å². The van der Waals surface area contributed by atoms with Gasteiger partial charge in [-0.25, -0.2) is 4.98 Å². The summed E-state index contributed by atoms with van der Waals surface area (Å²) in [7, 11) is 0. The summed E-state index contributed by atoms with van der Waals surface area (Å²) in [5, 5.41) is 5.97. The van der Waals surface area contributed by atoms with Gasteiger partial charge in [-0.2, -0.15) is 0 Å². The average Bonchev–Trinajstić information content (AvgIpc) is 2.85. The van der Waals surface area contributed by atoms with E-state index in [2.05, 4.69) is 15.6 Å². The highest BCUT2D eigenvalue weighted by atomic mass is 35.5. The van der Waals surface area contributed by atoms with E-state index < -0.39 is 6.04 Å². The number of halogens is 1. The van der Waals surface area contributed by atoms with Gasteiger partial charge in [-0.05, 0) is 31.6 Å². The maximum atomic E-state index is 12.0. The fourth-order valence-corrected chi connectivity index (χ4v) is 3.58. The Labute approximate surface area is 153 Å². The van der Waals surface area contributed by atoms with Crippen LogP contribution in [0, 0.1) is 5.92 Å². The highest BCUT2D eigenvalue weighted by molar-refractivity contribution is 7.15. The molecule has 1 aliphatic carbocycles. The summed E-state index contributed by atoms with van der Waals surface area (Å²) in [6.45, 7) is 3.66. The molecule has 0 aromatic carbocycles. The van der Waals surface area contributed by atoms with Crippen LogP contribution < -0.4 is 16.4 Å². The number of fused-ring (bicyclic) bond motifs is 1. The molecule has 1 aromatic heterocycles. The molecule has 8 heteroatoms. The molecule has 1 heterocycles. The van der Waals surface area contributed by atoms with Crippen molar-refractivity contribution in [2.24, 2.45) is 11.7 Å². The van der Waals surface area contributed by atoms with Crippen LogP contribution in [0.4, 0.5) is 5.13 Å². The number of carbonyl (C=O) groups excluding carboxylic acids is 2. The fraction of sp³-hybridized carbons (Fsp3) is 0.688. The quantitative estimate of drug-likeness (QED) is 0.736. The lowest BCUT2D eigenvalue weighted by molar-refractivity contribution is -0.125. The van der Waals surface area contributed by atoms with E-state index in [1.807, 2.05) is 13.8 Å². The molecule has 1 aliphatic rings. The van der Waals surface area contributed by atoms with Crippen LogP contribution in [0.3, 0.4) is 0 Å². The molecule has 24 heavy (non-hydrogen) atoms. The van der Waals surface area contributed by atoms with Gasteiger partial charge in [-0.15, -0.1) is 23.7 Å². The summed E-state index contributed by atoms with van der Waals surface area (Å²) in [4.78, 5) is 29.5. The number of nitrogens with one attached hydrogen (secondary N) is 2. The molecule has 0 radical (unpaired) electrons. The molecule has 2 rings (SSSR count). The van der Waals surface area contributed by atoms with Crippen LogP contribution in [0.25, 0.3) is 0 Å². The number of amides is 2. The van der Waals surface area contributed by atoms with E-state index in [1.54, 1.807) is 11.3 Å². The Balaban J connectivity index is 0.00000288. The highest BCUT2D eigenvalue weighted by Crippen LogP contribution is 2.28. The Hall–Kier alpha value is -1.18. The second-order valence-corrected chi connectivity index (χ2v) is 7.42. The number of nitrogens with two attached hydrogens (primary N) is 1. The third kappa shape index (κ3) is 6.03. The minimum atomic E-state index is -0.595. The van der Waals surface area contributed by atoms with Gasteiger partial charge < -0.3 is 16.4 Å². The van der Waals surface area contributed by atoms with Gasteiger partial charge in [0.15, 0.2) is 5.13 Å². The Bertz CT molecular complexity index is 537. The molecule has 6 nitrogen and oxygen atoms in total. The lowest BCUT2D eigenvalue weighted by Crippen LogP contribution is -2.46. The smallest absolute Gasteiger partial charge is 0.245 e. The number of carbonyl (C=O) groups is 2. The zero-order valence-corrected chi connectivity index (χ0v) is 15.9. The van der Waals surface area contributed by atoms with Crippen molar-refractivity contribution >= 4 is 40.7 Å². The molecule has 0 spiro atoms. The molecule has 1 aromatic rings. The van der Waals surface area contributed by atoms with Crippen LogP contribution in [-0.4, -0.2) is 29.4 Å². The summed E-state index contributed by atoms with van der Waals surface area (Å²) < 4.78 is 0. The lowest BCUT2D eigenvalue weighted by Gasteiger charge is -2.14.